The van der Waals surface area contributed by atoms with Gasteiger partial charge in [0.2, 0.25) is 5.91 Å². The molecule has 2 aromatic rings. The fourth-order valence-electron chi connectivity index (χ4n) is 2.76. The van der Waals surface area contributed by atoms with Gasteiger partial charge < -0.3 is 10.3 Å². The summed E-state index contributed by atoms with van der Waals surface area (Å²) in [5.74, 6) is 0.687. The molecule has 118 valence electrons. The Morgan fingerprint density at radius 3 is 2.68 bits per heavy atom. The minimum Gasteiger partial charge on any atom is -0.357 e. The standard InChI is InChI=1S/C18H24N2OS/c1-11(2)14-9-15-12(8-16(14)22-4)7-13(20-15)10-19-17(21)18(3)5-6-18/h7-9,11,20H,5-6,10H2,1-4H3,(H,19,21). The topological polar surface area (TPSA) is 44.9 Å². The lowest BCUT2D eigenvalue weighted by Gasteiger charge is -2.11. The highest BCUT2D eigenvalue weighted by atomic mass is 32.2. The van der Waals surface area contributed by atoms with E-state index in [0.717, 1.165) is 24.1 Å². The van der Waals surface area contributed by atoms with Gasteiger partial charge in [0.1, 0.15) is 0 Å². The molecule has 1 aliphatic rings. The van der Waals surface area contributed by atoms with Gasteiger partial charge >= 0.3 is 0 Å². The number of hydrogen-bond donors (Lipinski definition) is 2. The van der Waals surface area contributed by atoms with Gasteiger partial charge in [-0.1, -0.05) is 20.8 Å². The predicted octanol–water partition coefficient (Wildman–Crippen LogP) is 4.43. The van der Waals surface area contributed by atoms with E-state index in [1.54, 1.807) is 11.8 Å². The normalized spacial score (nSPS) is 16.2. The van der Waals surface area contributed by atoms with Crippen molar-refractivity contribution in [1.29, 1.82) is 0 Å². The first kappa shape index (κ1) is 15.5. The summed E-state index contributed by atoms with van der Waals surface area (Å²) in [4.78, 5) is 16.8. The molecule has 3 rings (SSSR count). The van der Waals surface area contributed by atoms with Gasteiger partial charge in [-0.3, -0.25) is 4.79 Å². The van der Waals surface area contributed by atoms with E-state index in [-0.39, 0.29) is 11.3 Å². The van der Waals surface area contributed by atoms with E-state index >= 15 is 0 Å². The number of aromatic amines is 1. The predicted molar refractivity (Wildman–Crippen MR) is 93.4 cm³/mol. The van der Waals surface area contributed by atoms with Crippen LogP contribution in [-0.2, 0) is 11.3 Å². The molecule has 1 heterocycles. The first-order chi connectivity index (χ1) is 10.4. The zero-order valence-electron chi connectivity index (χ0n) is 13.7. The third-order valence-corrected chi connectivity index (χ3v) is 5.43. The molecular weight excluding hydrogens is 292 g/mol. The molecular formula is C18H24N2OS. The van der Waals surface area contributed by atoms with E-state index in [1.165, 1.54) is 15.8 Å². The first-order valence-electron chi connectivity index (χ1n) is 7.91. The van der Waals surface area contributed by atoms with Crippen LogP contribution in [0.4, 0.5) is 0 Å². The second kappa shape index (κ2) is 5.65. The Hall–Kier alpha value is -1.42. The Morgan fingerprint density at radius 2 is 2.09 bits per heavy atom. The minimum absolute atomic E-state index is 0.108. The Balaban J connectivity index is 1.81. The Bertz CT molecular complexity index is 713. The van der Waals surface area contributed by atoms with Crippen LogP contribution < -0.4 is 5.32 Å². The van der Waals surface area contributed by atoms with Crippen LogP contribution >= 0.6 is 11.8 Å². The molecule has 0 bridgehead atoms. The molecule has 2 N–H and O–H groups in total. The van der Waals surface area contributed by atoms with Crippen LogP contribution in [0.3, 0.4) is 0 Å². The summed E-state index contributed by atoms with van der Waals surface area (Å²) in [6, 6.07) is 6.65. The highest BCUT2D eigenvalue weighted by molar-refractivity contribution is 7.98. The van der Waals surface area contributed by atoms with Gasteiger partial charge in [0.15, 0.2) is 0 Å². The summed E-state index contributed by atoms with van der Waals surface area (Å²) in [6.45, 7) is 7.06. The lowest BCUT2D eigenvalue weighted by atomic mass is 10.0. The second-order valence-electron chi connectivity index (χ2n) is 6.87. The smallest absolute Gasteiger partial charge is 0.226 e. The SMILES string of the molecule is CSc1cc2cc(CNC(=O)C3(C)CC3)[nH]c2cc1C(C)C. The zero-order valence-corrected chi connectivity index (χ0v) is 14.6. The maximum atomic E-state index is 12.0. The molecule has 1 aromatic heterocycles. The molecule has 1 aromatic carbocycles. The lowest BCUT2D eigenvalue weighted by molar-refractivity contribution is -0.125. The van der Waals surface area contributed by atoms with E-state index in [2.05, 4.69) is 48.6 Å². The molecule has 0 atom stereocenters. The van der Waals surface area contributed by atoms with Crippen molar-refractivity contribution in [3.05, 3.63) is 29.5 Å². The largest absolute Gasteiger partial charge is 0.357 e. The molecule has 0 aliphatic heterocycles. The number of amides is 1. The number of aromatic nitrogens is 1. The monoisotopic (exact) mass is 316 g/mol. The molecule has 1 saturated carbocycles. The summed E-state index contributed by atoms with van der Waals surface area (Å²) in [5, 5.41) is 4.27. The fraction of sp³-hybridized carbons (Fsp3) is 0.500. The Morgan fingerprint density at radius 1 is 1.36 bits per heavy atom. The van der Waals surface area contributed by atoms with Gasteiger partial charge in [-0.2, -0.15) is 0 Å². The van der Waals surface area contributed by atoms with Crippen LogP contribution in [0, 0.1) is 5.41 Å². The summed E-state index contributed by atoms with van der Waals surface area (Å²) in [5.41, 5.74) is 3.50. The number of fused-ring (bicyclic) bond motifs is 1. The van der Waals surface area contributed by atoms with Crippen LogP contribution in [0.5, 0.6) is 0 Å². The van der Waals surface area contributed by atoms with Crippen LogP contribution in [0.2, 0.25) is 0 Å². The van der Waals surface area contributed by atoms with Crippen molar-refractivity contribution in [3.8, 4) is 0 Å². The number of thioether (sulfide) groups is 1. The van der Waals surface area contributed by atoms with Crippen molar-refractivity contribution in [2.24, 2.45) is 5.41 Å². The molecule has 0 saturated heterocycles. The highest BCUT2D eigenvalue weighted by Crippen LogP contribution is 2.45. The van der Waals surface area contributed by atoms with Crippen molar-refractivity contribution in [2.45, 2.75) is 51.0 Å². The first-order valence-corrected chi connectivity index (χ1v) is 9.13. The van der Waals surface area contributed by atoms with Crippen molar-refractivity contribution in [2.75, 3.05) is 6.26 Å². The number of carbonyl (C=O) groups is 1. The number of carbonyl (C=O) groups excluding carboxylic acids is 1. The Labute approximate surface area is 136 Å². The number of rotatable bonds is 5. The Kier molecular flexibility index (Phi) is 3.98. The van der Waals surface area contributed by atoms with E-state index in [9.17, 15) is 4.79 Å². The molecule has 0 unspecified atom stereocenters. The van der Waals surface area contributed by atoms with Gasteiger partial charge in [-0.25, -0.2) is 0 Å². The van der Waals surface area contributed by atoms with Crippen LogP contribution in [-0.4, -0.2) is 17.1 Å². The second-order valence-corrected chi connectivity index (χ2v) is 7.72. The van der Waals surface area contributed by atoms with Crippen molar-refractivity contribution in [1.82, 2.24) is 10.3 Å². The maximum absolute atomic E-state index is 12.0. The average molecular weight is 316 g/mol. The molecule has 4 heteroatoms. The van der Waals surface area contributed by atoms with Gasteiger partial charge in [0, 0.05) is 26.9 Å². The van der Waals surface area contributed by atoms with Gasteiger partial charge in [0.05, 0.1) is 6.54 Å². The quantitative estimate of drug-likeness (QED) is 0.802. The summed E-state index contributed by atoms with van der Waals surface area (Å²) in [6.07, 6.45) is 4.15. The van der Waals surface area contributed by atoms with Crippen molar-refractivity contribution in [3.63, 3.8) is 0 Å². The van der Waals surface area contributed by atoms with Crippen LogP contribution in [0.15, 0.2) is 23.1 Å². The van der Waals surface area contributed by atoms with E-state index in [1.807, 2.05) is 6.92 Å². The lowest BCUT2D eigenvalue weighted by Crippen LogP contribution is -2.29. The average Bonchev–Trinajstić information content (AvgIpc) is 3.12. The molecule has 22 heavy (non-hydrogen) atoms. The molecule has 0 radical (unpaired) electrons. The van der Waals surface area contributed by atoms with E-state index in [0.29, 0.717) is 12.5 Å². The third kappa shape index (κ3) is 2.89. The van der Waals surface area contributed by atoms with Crippen molar-refractivity contribution < 1.29 is 4.79 Å². The number of benzene rings is 1. The maximum Gasteiger partial charge on any atom is 0.226 e. The zero-order chi connectivity index (χ0) is 15.9. The minimum atomic E-state index is -0.108. The highest BCUT2D eigenvalue weighted by Gasteiger charge is 2.44. The number of H-pyrrole nitrogens is 1. The van der Waals surface area contributed by atoms with Crippen LogP contribution in [0.1, 0.15) is 50.8 Å². The van der Waals surface area contributed by atoms with E-state index in [4.69, 9.17) is 0 Å². The number of hydrogen-bond acceptors (Lipinski definition) is 2. The van der Waals surface area contributed by atoms with Crippen molar-refractivity contribution >= 4 is 28.6 Å². The summed E-state index contributed by atoms with van der Waals surface area (Å²) in [7, 11) is 0. The van der Waals surface area contributed by atoms with Gasteiger partial charge in [-0.15, -0.1) is 11.8 Å². The molecule has 3 nitrogen and oxygen atoms in total. The number of nitrogens with one attached hydrogen (secondary N) is 2. The third-order valence-electron chi connectivity index (χ3n) is 4.64. The van der Waals surface area contributed by atoms with Crippen LogP contribution in [0.25, 0.3) is 10.9 Å². The molecule has 1 aliphatic carbocycles. The summed E-state index contributed by atoms with van der Waals surface area (Å²) >= 11 is 1.79. The molecule has 1 amide bonds. The summed E-state index contributed by atoms with van der Waals surface area (Å²) < 4.78 is 0. The fourth-order valence-corrected chi connectivity index (χ4v) is 3.54. The van der Waals surface area contributed by atoms with Gasteiger partial charge in [0.25, 0.3) is 0 Å². The van der Waals surface area contributed by atoms with Gasteiger partial charge in [-0.05, 0) is 48.8 Å². The van der Waals surface area contributed by atoms with E-state index < -0.39 is 0 Å². The molecule has 1 fully saturated rings. The molecule has 0 spiro atoms.